The molecule has 3 N–H and O–H groups in total. The summed E-state index contributed by atoms with van der Waals surface area (Å²) in [4.78, 5) is 30.0. The van der Waals surface area contributed by atoms with Crippen LogP contribution in [0.1, 0.15) is 50.7 Å². The number of furan rings is 1. The Bertz CT molecular complexity index is 2010. The highest BCUT2D eigenvalue weighted by Crippen LogP contribution is 2.43. The van der Waals surface area contributed by atoms with Crippen LogP contribution in [0.3, 0.4) is 0 Å². The van der Waals surface area contributed by atoms with Gasteiger partial charge in [0.1, 0.15) is 33.5 Å². The standard InChI is InChI=1S/C31H25F2N5O4S/c1-3-38-14-21(16(2)37-38)20-13-22(28(32)33)35-31-25(20)26(27(43-31)29(34)39)36-30(40)24-12-11-18(42-24)15-41-23-10-6-8-17-7-4-5-9-19(17)23/h4-14,28H,3,15H2,1-2H3,(H2,34,39)(H,36,40). The molecule has 4 aromatic heterocycles. The lowest BCUT2D eigenvalue weighted by atomic mass is 10.0. The van der Waals surface area contributed by atoms with Crippen LogP contribution in [-0.2, 0) is 13.2 Å². The average Bonchev–Trinajstić information content (AvgIpc) is 3.72. The molecule has 0 aliphatic carbocycles. The smallest absolute Gasteiger partial charge is 0.291 e. The molecule has 2 aromatic carbocycles. The number of primary amides is 1. The second-order valence-corrected chi connectivity index (χ2v) is 10.7. The molecule has 0 saturated heterocycles. The lowest BCUT2D eigenvalue weighted by Gasteiger charge is -2.10. The molecule has 4 heterocycles. The molecule has 0 saturated carbocycles. The Morgan fingerprint density at radius 3 is 2.65 bits per heavy atom. The summed E-state index contributed by atoms with van der Waals surface area (Å²) in [7, 11) is 0. The molecular weight excluding hydrogens is 576 g/mol. The zero-order valence-corrected chi connectivity index (χ0v) is 23.9. The number of carbonyl (C=O) groups is 2. The fourth-order valence-corrected chi connectivity index (χ4v) is 5.92. The van der Waals surface area contributed by atoms with Crippen molar-refractivity contribution in [3.05, 3.63) is 94.6 Å². The van der Waals surface area contributed by atoms with Crippen molar-refractivity contribution in [3.63, 3.8) is 0 Å². The Hall–Kier alpha value is -5.10. The fourth-order valence-electron chi connectivity index (χ4n) is 4.90. The first-order valence-electron chi connectivity index (χ1n) is 13.3. The van der Waals surface area contributed by atoms with Gasteiger partial charge in [-0.25, -0.2) is 13.8 Å². The first-order chi connectivity index (χ1) is 20.7. The van der Waals surface area contributed by atoms with E-state index in [2.05, 4.69) is 15.4 Å². The number of fused-ring (bicyclic) bond motifs is 2. The van der Waals surface area contributed by atoms with Gasteiger partial charge in [0.05, 0.1) is 11.4 Å². The molecule has 2 amide bonds. The second-order valence-electron chi connectivity index (χ2n) is 9.72. The van der Waals surface area contributed by atoms with E-state index in [1.165, 1.54) is 12.1 Å². The Balaban J connectivity index is 1.34. The lowest BCUT2D eigenvalue weighted by molar-refractivity contribution is 0.0992. The molecule has 0 aliphatic heterocycles. The monoisotopic (exact) mass is 601 g/mol. The molecule has 6 rings (SSSR count). The topological polar surface area (TPSA) is 125 Å². The van der Waals surface area contributed by atoms with Crippen molar-refractivity contribution in [1.82, 2.24) is 14.8 Å². The molecular formula is C31H25F2N5O4S. The number of aryl methyl sites for hydroxylation is 2. The normalized spacial score (nSPS) is 11.5. The van der Waals surface area contributed by atoms with Gasteiger partial charge in [-0.05, 0) is 49.1 Å². The maximum Gasteiger partial charge on any atom is 0.291 e. The molecule has 9 nitrogen and oxygen atoms in total. The number of hydrogen-bond acceptors (Lipinski definition) is 7. The molecule has 6 aromatic rings. The summed E-state index contributed by atoms with van der Waals surface area (Å²) in [6.45, 7) is 4.27. The summed E-state index contributed by atoms with van der Waals surface area (Å²) in [6, 6.07) is 17.9. The summed E-state index contributed by atoms with van der Waals surface area (Å²) >= 11 is 0.828. The van der Waals surface area contributed by atoms with Gasteiger partial charge in [0.25, 0.3) is 18.2 Å². The van der Waals surface area contributed by atoms with Crippen molar-refractivity contribution in [3.8, 4) is 16.9 Å². The zero-order valence-electron chi connectivity index (χ0n) is 23.1. The van der Waals surface area contributed by atoms with E-state index < -0.39 is 23.9 Å². The summed E-state index contributed by atoms with van der Waals surface area (Å²) in [5.41, 5.74) is 6.75. The first kappa shape index (κ1) is 28.0. The largest absolute Gasteiger partial charge is 0.485 e. The Morgan fingerprint density at radius 2 is 1.91 bits per heavy atom. The van der Waals surface area contributed by atoms with Crippen molar-refractivity contribution >= 4 is 49.8 Å². The van der Waals surface area contributed by atoms with Crippen molar-refractivity contribution in [2.24, 2.45) is 5.73 Å². The zero-order chi connectivity index (χ0) is 30.2. The van der Waals surface area contributed by atoms with Crippen LogP contribution in [0.25, 0.3) is 32.1 Å². The van der Waals surface area contributed by atoms with Crippen LogP contribution in [0.4, 0.5) is 14.5 Å². The van der Waals surface area contributed by atoms with Gasteiger partial charge >= 0.3 is 0 Å². The predicted molar refractivity (Wildman–Crippen MR) is 160 cm³/mol. The maximum absolute atomic E-state index is 13.8. The number of halogens is 2. The molecule has 218 valence electrons. The number of alkyl halides is 2. The van der Waals surface area contributed by atoms with Gasteiger partial charge in [-0.1, -0.05) is 36.4 Å². The van der Waals surface area contributed by atoms with Crippen LogP contribution in [-0.4, -0.2) is 26.6 Å². The van der Waals surface area contributed by atoms with Crippen molar-refractivity contribution in [2.45, 2.75) is 33.4 Å². The Kier molecular flexibility index (Phi) is 7.36. The first-order valence-corrected chi connectivity index (χ1v) is 14.2. The maximum atomic E-state index is 13.8. The number of pyridine rings is 1. The number of aromatic nitrogens is 3. The van der Waals surface area contributed by atoms with Gasteiger partial charge in [-0.15, -0.1) is 11.3 Å². The number of nitrogens with two attached hydrogens (primary N) is 1. The summed E-state index contributed by atoms with van der Waals surface area (Å²) < 4.78 is 41.1. The molecule has 0 unspecified atom stereocenters. The molecule has 0 radical (unpaired) electrons. The lowest BCUT2D eigenvalue weighted by Crippen LogP contribution is -2.16. The fraction of sp³-hybridized carbons (Fsp3) is 0.161. The highest BCUT2D eigenvalue weighted by atomic mass is 32.1. The Morgan fingerprint density at radius 1 is 1.12 bits per heavy atom. The van der Waals surface area contributed by atoms with E-state index in [0.29, 0.717) is 40.3 Å². The van der Waals surface area contributed by atoms with Crippen LogP contribution in [0, 0.1) is 6.92 Å². The van der Waals surface area contributed by atoms with Crippen molar-refractivity contribution < 1.29 is 27.5 Å². The number of nitrogens with one attached hydrogen (secondary N) is 1. The van der Waals surface area contributed by atoms with Crippen LogP contribution < -0.4 is 15.8 Å². The third-order valence-electron chi connectivity index (χ3n) is 6.93. The quantitative estimate of drug-likeness (QED) is 0.182. The molecule has 0 fully saturated rings. The summed E-state index contributed by atoms with van der Waals surface area (Å²) in [6.07, 6.45) is -1.14. The molecule has 0 aliphatic rings. The van der Waals surface area contributed by atoms with Crippen LogP contribution in [0.2, 0.25) is 0 Å². The van der Waals surface area contributed by atoms with E-state index in [0.717, 1.165) is 22.1 Å². The van der Waals surface area contributed by atoms with E-state index in [1.807, 2.05) is 49.4 Å². The van der Waals surface area contributed by atoms with E-state index in [-0.39, 0.29) is 27.8 Å². The van der Waals surface area contributed by atoms with Gasteiger partial charge in [0.15, 0.2) is 5.76 Å². The van der Waals surface area contributed by atoms with E-state index in [9.17, 15) is 18.4 Å². The van der Waals surface area contributed by atoms with E-state index >= 15 is 0 Å². The van der Waals surface area contributed by atoms with Gasteiger partial charge in [-0.3, -0.25) is 14.3 Å². The highest BCUT2D eigenvalue weighted by Gasteiger charge is 2.27. The highest BCUT2D eigenvalue weighted by molar-refractivity contribution is 7.21. The van der Waals surface area contributed by atoms with Crippen LogP contribution in [0.5, 0.6) is 5.75 Å². The minimum absolute atomic E-state index is 0.0323. The number of rotatable bonds is 9. The molecule has 0 atom stereocenters. The molecule has 0 bridgehead atoms. The average molecular weight is 602 g/mol. The number of ether oxygens (including phenoxy) is 1. The van der Waals surface area contributed by atoms with Crippen LogP contribution >= 0.6 is 11.3 Å². The minimum Gasteiger partial charge on any atom is -0.485 e. The summed E-state index contributed by atoms with van der Waals surface area (Å²) in [5, 5.41) is 9.43. The third kappa shape index (κ3) is 5.32. The predicted octanol–water partition coefficient (Wildman–Crippen LogP) is 7.10. The van der Waals surface area contributed by atoms with Gasteiger partial charge in [0.2, 0.25) is 0 Å². The number of nitrogens with zero attached hydrogens (tertiary/aromatic N) is 3. The van der Waals surface area contributed by atoms with Gasteiger partial charge < -0.3 is 20.2 Å². The SMILES string of the molecule is CCn1cc(-c2cc(C(F)F)nc3sc(C(N)=O)c(NC(=O)c4ccc(COc5cccc6ccccc56)o4)c23)c(C)n1. The number of benzene rings is 2. The van der Waals surface area contributed by atoms with Crippen LogP contribution in [0.15, 0.2) is 71.3 Å². The van der Waals surface area contributed by atoms with E-state index in [4.69, 9.17) is 14.9 Å². The molecule has 12 heteroatoms. The number of anilines is 1. The number of hydrogen-bond donors (Lipinski definition) is 2. The third-order valence-corrected chi connectivity index (χ3v) is 8.03. The minimum atomic E-state index is -2.86. The molecule has 0 spiro atoms. The van der Waals surface area contributed by atoms with Gasteiger partial charge in [-0.2, -0.15) is 5.10 Å². The second kappa shape index (κ2) is 11.3. The number of carbonyl (C=O) groups excluding carboxylic acids is 2. The van der Waals surface area contributed by atoms with Gasteiger partial charge in [0, 0.05) is 29.1 Å². The Labute approximate surface area is 247 Å². The summed E-state index contributed by atoms with van der Waals surface area (Å²) in [5.74, 6) is -0.480. The number of thiophene rings is 1. The van der Waals surface area contributed by atoms with Crippen molar-refractivity contribution in [2.75, 3.05) is 5.32 Å². The van der Waals surface area contributed by atoms with Crippen molar-refractivity contribution in [1.29, 1.82) is 0 Å². The molecule has 43 heavy (non-hydrogen) atoms. The number of amides is 2. The van der Waals surface area contributed by atoms with E-state index in [1.54, 1.807) is 23.9 Å².